The zero-order chi connectivity index (χ0) is 30.2. The number of benzene rings is 7. The lowest BCUT2D eigenvalue weighted by Crippen LogP contribution is -2.10. The Morgan fingerprint density at radius 1 is 0.422 bits per heavy atom. The number of nitrogens with zero attached hydrogens (tertiary/aromatic N) is 1. The van der Waals surface area contributed by atoms with E-state index in [-0.39, 0.29) is 0 Å². The molecule has 2 nitrogen and oxygen atoms in total. The zero-order valence-electron chi connectivity index (χ0n) is 25.0. The first kappa shape index (κ1) is 26.7. The molecule has 0 N–H and O–H groups in total. The quantitative estimate of drug-likeness (QED) is 0.195. The molecule has 0 amide bonds. The van der Waals surface area contributed by atoms with Crippen molar-refractivity contribution in [1.29, 1.82) is 0 Å². The minimum atomic E-state index is 0.921. The van der Waals surface area contributed by atoms with Crippen molar-refractivity contribution >= 4 is 38.8 Å². The standard InChI is InChI=1S/C43H31NO/c1-30-39-17-7-8-20-42(39)45-43(30)36-16-9-15-35(29-36)33-23-27-38(28-24-33)44(41-19-10-14-34-13-5-6-18-40(34)41)37-25-21-32(22-26-37)31-11-3-2-4-12-31/h2-29H,1H3. The van der Waals surface area contributed by atoms with Gasteiger partial charge in [0, 0.05) is 33.3 Å². The van der Waals surface area contributed by atoms with Crippen molar-refractivity contribution in [1.82, 2.24) is 0 Å². The fourth-order valence-electron chi connectivity index (χ4n) is 6.36. The van der Waals surface area contributed by atoms with Gasteiger partial charge in [-0.05, 0) is 77.0 Å². The molecule has 214 valence electrons. The largest absolute Gasteiger partial charge is 0.456 e. The van der Waals surface area contributed by atoms with E-state index in [1.807, 2.05) is 12.1 Å². The third-order valence-electron chi connectivity index (χ3n) is 8.67. The molecule has 1 heterocycles. The summed E-state index contributed by atoms with van der Waals surface area (Å²) in [5.74, 6) is 0.927. The van der Waals surface area contributed by atoms with E-state index in [4.69, 9.17) is 4.42 Å². The Morgan fingerprint density at radius 2 is 0.956 bits per heavy atom. The predicted octanol–water partition coefficient (Wildman–Crippen LogP) is 12.4. The zero-order valence-corrected chi connectivity index (χ0v) is 25.0. The first-order chi connectivity index (χ1) is 22.2. The van der Waals surface area contributed by atoms with E-state index >= 15 is 0 Å². The summed E-state index contributed by atoms with van der Waals surface area (Å²) in [5, 5.41) is 3.59. The second-order valence-electron chi connectivity index (χ2n) is 11.4. The summed E-state index contributed by atoms with van der Waals surface area (Å²) in [5.41, 5.74) is 11.3. The van der Waals surface area contributed by atoms with Crippen molar-refractivity contribution < 1.29 is 4.42 Å². The minimum Gasteiger partial charge on any atom is -0.456 e. The molecule has 7 aromatic carbocycles. The maximum absolute atomic E-state index is 6.29. The molecule has 0 saturated heterocycles. The predicted molar refractivity (Wildman–Crippen MR) is 189 cm³/mol. The van der Waals surface area contributed by atoms with Crippen LogP contribution in [0, 0.1) is 6.92 Å². The molecule has 0 saturated carbocycles. The Labute approximate surface area is 263 Å². The van der Waals surface area contributed by atoms with Crippen LogP contribution in [0.1, 0.15) is 5.56 Å². The number of fused-ring (bicyclic) bond motifs is 2. The summed E-state index contributed by atoms with van der Waals surface area (Å²) in [4.78, 5) is 2.36. The van der Waals surface area contributed by atoms with Gasteiger partial charge in [0.15, 0.2) is 0 Å². The summed E-state index contributed by atoms with van der Waals surface area (Å²) in [6.07, 6.45) is 0. The molecular weight excluding hydrogens is 546 g/mol. The lowest BCUT2D eigenvalue weighted by atomic mass is 9.99. The molecule has 0 aliphatic rings. The number of furan rings is 1. The second-order valence-corrected chi connectivity index (χ2v) is 11.4. The fraction of sp³-hybridized carbons (Fsp3) is 0.0233. The van der Waals surface area contributed by atoms with Gasteiger partial charge in [-0.25, -0.2) is 0 Å². The highest BCUT2D eigenvalue weighted by atomic mass is 16.3. The van der Waals surface area contributed by atoms with Gasteiger partial charge in [0.05, 0.1) is 5.69 Å². The molecule has 45 heavy (non-hydrogen) atoms. The number of aryl methyl sites for hydroxylation is 1. The first-order valence-corrected chi connectivity index (χ1v) is 15.4. The number of hydrogen-bond donors (Lipinski definition) is 0. The molecular formula is C43H31NO. The Balaban J connectivity index is 1.19. The average molecular weight is 578 g/mol. The van der Waals surface area contributed by atoms with Crippen LogP contribution in [-0.2, 0) is 0 Å². The van der Waals surface area contributed by atoms with Crippen molar-refractivity contribution in [2.75, 3.05) is 4.90 Å². The van der Waals surface area contributed by atoms with E-state index < -0.39 is 0 Å². The number of para-hydroxylation sites is 1. The van der Waals surface area contributed by atoms with Gasteiger partial charge in [0.1, 0.15) is 11.3 Å². The van der Waals surface area contributed by atoms with Gasteiger partial charge in [0.2, 0.25) is 0 Å². The summed E-state index contributed by atoms with van der Waals surface area (Å²) < 4.78 is 6.29. The second kappa shape index (κ2) is 11.3. The number of anilines is 3. The third-order valence-corrected chi connectivity index (χ3v) is 8.67. The molecule has 0 spiro atoms. The monoisotopic (exact) mass is 577 g/mol. The van der Waals surface area contributed by atoms with Crippen LogP contribution in [0.25, 0.3) is 55.3 Å². The molecule has 0 atom stereocenters. The van der Waals surface area contributed by atoms with Crippen molar-refractivity contribution in [3.8, 4) is 33.6 Å². The van der Waals surface area contributed by atoms with Gasteiger partial charge >= 0.3 is 0 Å². The smallest absolute Gasteiger partial charge is 0.138 e. The molecule has 0 radical (unpaired) electrons. The van der Waals surface area contributed by atoms with Crippen molar-refractivity contribution in [2.24, 2.45) is 0 Å². The molecule has 1 aromatic heterocycles. The lowest BCUT2D eigenvalue weighted by molar-refractivity contribution is 0.629. The Morgan fingerprint density at radius 3 is 1.69 bits per heavy atom. The van der Waals surface area contributed by atoms with E-state index in [9.17, 15) is 0 Å². The van der Waals surface area contributed by atoms with Crippen molar-refractivity contribution in [3.63, 3.8) is 0 Å². The summed E-state index contributed by atoms with van der Waals surface area (Å²) in [7, 11) is 0. The van der Waals surface area contributed by atoms with Gasteiger partial charge in [-0.1, -0.05) is 127 Å². The fourth-order valence-corrected chi connectivity index (χ4v) is 6.36. The topological polar surface area (TPSA) is 16.4 Å². The van der Waals surface area contributed by atoms with Crippen LogP contribution in [0.3, 0.4) is 0 Å². The average Bonchev–Trinajstić information content (AvgIpc) is 3.46. The van der Waals surface area contributed by atoms with Gasteiger partial charge < -0.3 is 9.32 Å². The maximum Gasteiger partial charge on any atom is 0.138 e. The molecule has 8 aromatic rings. The Hall–Kier alpha value is -5.86. The van der Waals surface area contributed by atoms with E-state index in [0.717, 1.165) is 50.5 Å². The third kappa shape index (κ3) is 4.97. The number of rotatable bonds is 6. The summed E-state index contributed by atoms with van der Waals surface area (Å²) in [6, 6.07) is 60.3. The van der Waals surface area contributed by atoms with Crippen molar-refractivity contribution in [2.45, 2.75) is 6.92 Å². The highest BCUT2D eigenvalue weighted by molar-refractivity contribution is 5.99. The molecule has 0 aliphatic heterocycles. The Kier molecular flexibility index (Phi) is 6.73. The van der Waals surface area contributed by atoms with Gasteiger partial charge in [-0.3, -0.25) is 0 Å². The van der Waals surface area contributed by atoms with Crippen LogP contribution in [-0.4, -0.2) is 0 Å². The van der Waals surface area contributed by atoms with Crippen LogP contribution in [0.2, 0.25) is 0 Å². The summed E-state index contributed by atoms with van der Waals surface area (Å²) in [6.45, 7) is 2.14. The molecule has 2 heteroatoms. The van der Waals surface area contributed by atoms with Gasteiger partial charge in [0.25, 0.3) is 0 Å². The molecule has 8 rings (SSSR count). The molecule has 0 unspecified atom stereocenters. The first-order valence-electron chi connectivity index (χ1n) is 15.4. The molecule has 0 fully saturated rings. The van der Waals surface area contributed by atoms with Crippen LogP contribution < -0.4 is 4.90 Å². The van der Waals surface area contributed by atoms with Crippen LogP contribution >= 0.6 is 0 Å². The molecule has 0 bridgehead atoms. The van der Waals surface area contributed by atoms with E-state index in [1.54, 1.807) is 0 Å². The van der Waals surface area contributed by atoms with E-state index in [2.05, 4.69) is 170 Å². The SMILES string of the molecule is Cc1c(-c2cccc(-c3ccc(N(c4ccc(-c5ccccc5)cc4)c4cccc5ccccc45)cc3)c2)oc2ccccc12. The normalized spacial score (nSPS) is 11.2. The van der Waals surface area contributed by atoms with Crippen molar-refractivity contribution in [3.05, 3.63) is 175 Å². The van der Waals surface area contributed by atoms with E-state index in [0.29, 0.717) is 0 Å². The highest BCUT2D eigenvalue weighted by Crippen LogP contribution is 2.41. The van der Waals surface area contributed by atoms with Gasteiger partial charge in [-0.15, -0.1) is 0 Å². The van der Waals surface area contributed by atoms with Crippen LogP contribution in [0.4, 0.5) is 17.1 Å². The van der Waals surface area contributed by atoms with Crippen LogP contribution in [0.15, 0.2) is 174 Å². The minimum absolute atomic E-state index is 0.921. The van der Waals surface area contributed by atoms with E-state index in [1.165, 1.54) is 27.5 Å². The summed E-state index contributed by atoms with van der Waals surface area (Å²) >= 11 is 0. The maximum atomic E-state index is 6.29. The molecule has 0 aliphatic carbocycles. The highest BCUT2D eigenvalue weighted by Gasteiger charge is 2.17. The Bertz CT molecular complexity index is 2260. The lowest BCUT2D eigenvalue weighted by Gasteiger charge is -2.27. The number of hydrogen-bond acceptors (Lipinski definition) is 2. The van der Waals surface area contributed by atoms with Gasteiger partial charge in [-0.2, -0.15) is 0 Å². The van der Waals surface area contributed by atoms with Crippen LogP contribution in [0.5, 0.6) is 0 Å².